The summed E-state index contributed by atoms with van der Waals surface area (Å²) in [6.45, 7) is 4.11. The van der Waals surface area contributed by atoms with Gasteiger partial charge in [-0.25, -0.2) is 0 Å². The number of methoxy groups -OCH3 is 1. The molecule has 7 heteroatoms. The number of nitrogens with one attached hydrogen (secondary N) is 1. The summed E-state index contributed by atoms with van der Waals surface area (Å²) in [5, 5.41) is 15.1. The maximum Gasteiger partial charge on any atom is 0.270 e. The molecule has 2 aromatic carbocycles. The number of anilines is 1. The normalized spacial score (nSPS) is 15.6. The van der Waals surface area contributed by atoms with Crippen LogP contribution in [-0.2, 0) is 0 Å². The van der Waals surface area contributed by atoms with E-state index in [-0.39, 0.29) is 12.5 Å². The molecule has 1 fully saturated rings. The first-order chi connectivity index (χ1) is 15.2. The average molecular weight is 421 g/mol. The van der Waals surface area contributed by atoms with Crippen molar-refractivity contribution in [2.75, 3.05) is 51.3 Å². The Labute approximate surface area is 182 Å². The van der Waals surface area contributed by atoms with Crippen molar-refractivity contribution < 1.29 is 14.6 Å². The van der Waals surface area contributed by atoms with E-state index in [2.05, 4.69) is 26.2 Å². The second kappa shape index (κ2) is 9.76. The summed E-state index contributed by atoms with van der Waals surface area (Å²) in [6, 6.07) is 17.6. The van der Waals surface area contributed by atoms with Gasteiger partial charge in [-0.05, 0) is 23.6 Å². The molecule has 1 aliphatic rings. The molecule has 0 aliphatic carbocycles. The summed E-state index contributed by atoms with van der Waals surface area (Å²) in [6.07, 6.45) is 0.992. The van der Waals surface area contributed by atoms with Gasteiger partial charge >= 0.3 is 0 Å². The van der Waals surface area contributed by atoms with Crippen molar-refractivity contribution in [3.63, 3.8) is 0 Å². The molecule has 0 bridgehead atoms. The maximum absolute atomic E-state index is 12.6. The van der Waals surface area contributed by atoms with E-state index in [4.69, 9.17) is 4.74 Å². The summed E-state index contributed by atoms with van der Waals surface area (Å²) in [5.74, 6) is 0.609. The number of benzene rings is 2. The summed E-state index contributed by atoms with van der Waals surface area (Å²) in [4.78, 5) is 21.4. The van der Waals surface area contributed by atoms with Gasteiger partial charge in [-0.15, -0.1) is 0 Å². The van der Waals surface area contributed by atoms with Crippen molar-refractivity contribution >= 4 is 22.4 Å². The summed E-state index contributed by atoms with van der Waals surface area (Å²) < 4.78 is 5.47. The highest BCUT2D eigenvalue weighted by Gasteiger charge is 2.22. The molecule has 1 aliphatic heterocycles. The molecule has 1 atom stereocenters. The average Bonchev–Trinajstić information content (AvgIpc) is 2.82. The zero-order valence-corrected chi connectivity index (χ0v) is 17.7. The molecule has 1 saturated heterocycles. The van der Waals surface area contributed by atoms with Crippen LogP contribution < -0.4 is 15.0 Å². The van der Waals surface area contributed by atoms with Gasteiger partial charge in [-0.3, -0.25) is 14.7 Å². The number of hydrogen-bond donors (Lipinski definition) is 2. The quantitative estimate of drug-likeness (QED) is 0.610. The number of aromatic nitrogens is 1. The monoisotopic (exact) mass is 420 g/mol. The molecule has 2 N–H and O–H groups in total. The Hall–Kier alpha value is -3.16. The fourth-order valence-corrected chi connectivity index (χ4v) is 4.02. The second-order valence-electron chi connectivity index (χ2n) is 7.70. The molecule has 7 nitrogen and oxygen atoms in total. The van der Waals surface area contributed by atoms with Crippen molar-refractivity contribution in [3.8, 4) is 5.75 Å². The lowest BCUT2D eigenvalue weighted by atomic mass is 10.1. The smallest absolute Gasteiger partial charge is 0.270 e. The highest BCUT2D eigenvalue weighted by molar-refractivity contribution is 6.05. The number of nitrogens with zero attached hydrogens (tertiary/aromatic N) is 3. The Morgan fingerprint density at radius 3 is 2.65 bits per heavy atom. The molecule has 1 amide bonds. The molecule has 0 radical (unpaired) electrons. The fraction of sp³-hybridized carbons (Fsp3) is 0.333. The van der Waals surface area contributed by atoms with Crippen LogP contribution in [0.5, 0.6) is 5.75 Å². The third-order valence-corrected chi connectivity index (χ3v) is 5.65. The van der Waals surface area contributed by atoms with Crippen LogP contribution in [0.1, 0.15) is 10.5 Å². The van der Waals surface area contributed by atoms with Crippen molar-refractivity contribution in [1.82, 2.24) is 15.2 Å². The van der Waals surface area contributed by atoms with Gasteiger partial charge in [-0.2, -0.15) is 0 Å². The highest BCUT2D eigenvalue weighted by atomic mass is 16.5. The van der Waals surface area contributed by atoms with Crippen LogP contribution in [0.25, 0.3) is 10.8 Å². The number of aliphatic hydroxyl groups excluding tert-OH is 1. The van der Waals surface area contributed by atoms with E-state index >= 15 is 0 Å². The van der Waals surface area contributed by atoms with Gasteiger partial charge < -0.3 is 20.1 Å². The minimum absolute atomic E-state index is 0.191. The lowest BCUT2D eigenvalue weighted by Crippen LogP contribution is -2.50. The van der Waals surface area contributed by atoms with Gasteiger partial charge in [0.15, 0.2) is 0 Å². The van der Waals surface area contributed by atoms with E-state index in [0.717, 1.165) is 48.4 Å². The minimum Gasteiger partial charge on any atom is -0.495 e. The number of ether oxygens (including phenoxy) is 1. The summed E-state index contributed by atoms with van der Waals surface area (Å²) in [5.41, 5.74) is 1.48. The number of carbonyl (C=O) groups excluding carboxylic acids is 1. The zero-order valence-electron chi connectivity index (χ0n) is 17.7. The molecule has 162 valence electrons. The van der Waals surface area contributed by atoms with Crippen LogP contribution in [0.4, 0.5) is 5.69 Å². The largest absolute Gasteiger partial charge is 0.495 e. The molecule has 1 unspecified atom stereocenters. The third kappa shape index (κ3) is 4.95. The molecule has 4 rings (SSSR count). The first-order valence-electron chi connectivity index (χ1n) is 10.6. The number of fused-ring (bicyclic) bond motifs is 1. The molecule has 3 aromatic rings. The first-order valence-corrected chi connectivity index (χ1v) is 10.6. The Morgan fingerprint density at radius 2 is 1.84 bits per heavy atom. The van der Waals surface area contributed by atoms with E-state index in [9.17, 15) is 9.90 Å². The second-order valence-corrected chi connectivity index (χ2v) is 7.70. The van der Waals surface area contributed by atoms with Crippen LogP contribution in [-0.4, -0.2) is 73.4 Å². The topological polar surface area (TPSA) is 77.9 Å². The van der Waals surface area contributed by atoms with E-state index in [1.165, 1.54) is 0 Å². The van der Waals surface area contributed by atoms with Crippen LogP contribution >= 0.6 is 0 Å². The van der Waals surface area contributed by atoms with Crippen molar-refractivity contribution in [1.29, 1.82) is 0 Å². The number of aliphatic hydroxyl groups is 1. The number of piperazine rings is 1. The Kier molecular flexibility index (Phi) is 6.64. The van der Waals surface area contributed by atoms with Crippen LogP contribution in [0.2, 0.25) is 0 Å². The van der Waals surface area contributed by atoms with Crippen molar-refractivity contribution in [2.45, 2.75) is 6.10 Å². The van der Waals surface area contributed by atoms with Crippen molar-refractivity contribution in [3.05, 3.63) is 66.5 Å². The molecular weight excluding hydrogens is 392 g/mol. The molecule has 0 saturated carbocycles. The minimum atomic E-state index is -0.642. The zero-order chi connectivity index (χ0) is 21.6. The van der Waals surface area contributed by atoms with E-state index in [1.54, 1.807) is 13.3 Å². The number of hydrogen-bond acceptors (Lipinski definition) is 6. The highest BCUT2D eigenvalue weighted by Crippen LogP contribution is 2.28. The molecular formula is C24H28N4O3. The van der Waals surface area contributed by atoms with Gasteiger partial charge in [0.25, 0.3) is 5.91 Å². The standard InChI is InChI=1S/C24H28N4O3/c1-31-22-9-5-4-8-21(22)28-14-12-27(13-15-28)17-19(29)16-26-24(30)23-20-7-3-2-6-18(20)10-11-25-23/h2-11,19,29H,12-17H2,1H3,(H,26,30). The molecule has 31 heavy (non-hydrogen) atoms. The summed E-state index contributed by atoms with van der Waals surface area (Å²) in [7, 11) is 1.69. The first kappa shape index (κ1) is 21.1. The Balaban J connectivity index is 1.27. The van der Waals surface area contributed by atoms with Gasteiger partial charge in [0.2, 0.25) is 0 Å². The fourth-order valence-electron chi connectivity index (χ4n) is 4.02. The van der Waals surface area contributed by atoms with Gasteiger partial charge in [0.1, 0.15) is 11.4 Å². The SMILES string of the molecule is COc1ccccc1N1CCN(CC(O)CNC(=O)c2nccc3ccccc23)CC1. The lowest BCUT2D eigenvalue weighted by Gasteiger charge is -2.37. The number of para-hydroxylation sites is 2. The number of rotatable bonds is 7. The number of pyridine rings is 1. The molecule has 1 aromatic heterocycles. The van der Waals surface area contributed by atoms with Gasteiger partial charge in [0.05, 0.1) is 18.9 Å². The van der Waals surface area contributed by atoms with E-state index in [1.807, 2.05) is 48.5 Å². The van der Waals surface area contributed by atoms with E-state index < -0.39 is 6.10 Å². The maximum atomic E-state index is 12.6. The number of β-amino-alcohol motifs (C(OH)–C–C–N with tert-alkyl or cyclic N) is 1. The molecule has 0 spiro atoms. The molecule has 2 heterocycles. The van der Waals surface area contributed by atoms with Crippen LogP contribution in [0, 0.1) is 0 Å². The third-order valence-electron chi connectivity index (χ3n) is 5.65. The lowest BCUT2D eigenvalue weighted by molar-refractivity contribution is 0.0849. The number of amides is 1. The van der Waals surface area contributed by atoms with Crippen molar-refractivity contribution in [2.24, 2.45) is 0 Å². The predicted molar refractivity (Wildman–Crippen MR) is 122 cm³/mol. The van der Waals surface area contributed by atoms with Gasteiger partial charge in [-0.1, -0.05) is 36.4 Å². The number of carbonyl (C=O) groups is 1. The van der Waals surface area contributed by atoms with E-state index in [0.29, 0.717) is 12.2 Å². The van der Waals surface area contributed by atoms with Crippen LogP contribution in [0.15, 0.2) is 60.8 Å². The van der Waals surface area contributed by atoms with Crippen LogP contribution in [0.3, 0.4) is 0 Å². The summed E-state index contributed by atoms with van der Waals surface area (Å²) >= 11 is 0. The Bertz CT molecular complexity index is 1030. The Morgan fingerprint density at radius 1 is 1.10 bits per heavy atom. The van der Waals surface area contributed by atoms with Gasteiger partial charge in [0, 0.05) is 50.9 Å². The predicted octanol–water partition coefficient (Wildman–Crippen LogP) is 2.16.